The van der Waals surface area contributed by atoms with Crippen LogP contribution in [0.4, 0.5) is 5.69 Å². The quantitative estimate of drug-likeness (QED) is 0.811. The van der Waals surface area contributed by atoms with Crippen molar-refractivity contribution in [2.45, 2.75) is 6.42 Å². The maximum atomic E-state index is 12.0. The van der Waals surface area contributed by atoms with Gasteiger partial charge in [0.05, 0.1) is 17.8 Å². The molecule has 0 spiro atoms. The van der Waals surface area contributed by atoms with Gasteiger partial charge in [0.15, 0.2) is 11.5 Å². The van der Waals surface area contributed by atoms with E-state index in [1.807, 2.05) is 6.07 Å². The minimum Gasteiger partial charge on any atom is -0.504 e. The summed E-state index contributed by atoms with van der Waals surface area (Å²) in [6, 6.07) is 7.73. The zero-order valence-corrected chi connectivity index (χ0v) is 10.4. The molecule has 0 atom stereocenters. The van der Waals surface area contributed by atoms with Gasteiger partial charge >= 0.3 is 0 Å². The summed E-state index contributed by atoms with van der Waals surface area (Å²) in [5.74, 6) is -0.730. The number of hydrazone groups is 1. The Bertz CT molecular complexity index is 698. The average Bonchev–Trinajstić information content (AvgIpc) is 2.85. The zero-order chi connectivity index (χ0) is 14.1. The molecule has 0 saturated heterocycles. The molecule has 0 fully saturated rings. The Hall–Kier alpha value is -2.89. The van der Waals surface area contributed by atoms with Gasteiger partial charge in [0, 0.05) is 24.0 Å². The number of anilines is 1. The Morgan fingerprint density at radius 1 is 1.15 bits per heavy atom. The van der Waals surface area contributed by atoms with Gasteiger partial charge in [0.1, 0.15) is 0 Å². The summed E-state index contributed by atoms with van der Waals surface area (Å²) in [6.45, 7) is 0. The molecule has 2 aromatic rings. The minimum absolute atomic E-state index is 0.174. The maximum Gasteiger partial charge on any atom is 0.253 e. The van der Waals surface area contributed by atoms with Gasteiger partial charge in [-0.1, -0.05) is 0 Å². The zero-order valence-electron chi connectivity index (χ0n) is 10.4. The van der Waals surface area contributed by atoms with E-state index in [2.05, 4.69) is 10.1 Å². The Morgan fingerprint density at radius 3 is 2.70 bits per heavy atom. The summed E-state index contributed by atoms with van der Waals surface area (Å²) in [6.07, 6.45) is 3.47. The number of rotatable bonds is 2. The van der Waals surface area contributed by atoms with Crippen LogP contribution in [0.3, 0.4) is 0 Å². The number of amides is 1. The van der Waals surface area contributed by atoms with Crippen molar-refractivity contribution in [1.29, 1.82) is 0 Å². The van der Waals surface area contributed by atoms with Crippen LogP contribution in [0.1, 0.15) is 12.0 Å². The number of nitrogens with zero attached hydrogens (tertiary/aromatic N) is 3. The number of aromatic nitrogens is 1. The summed E-state index contributed by atoms with van der Waals surface area (Å²) >= 11 is 0. The molecule has 1 aliphatic heterocycles. The van der Waals surface area contributed by atoms with Crippen molar-refractivity contribution < 1.29 is 15.0 Å². The lowest BCUT2D eigenvalue weighted by molar-refractivity contribution is -0.116. The second kappa shape index (κ2) is 4.65. The van der Waals surface area contributed by atoms with Crippen LogP contribution in [0, 0.1) is 0 Å². The number of hydrogen-bond acceptors (Lipinski definition) is 5. The van der Waals surface area contributed by atoms with E-state index in [0.717, 1.165) is 5.56 Å². The third-order valence-corrected chi connectivity index (χ3v) is 2.97. The second-order valence-corrected chi connectivity index (χ2v) is 4.34. The highest BCUT2D eigenvalue weighted by Gasteiger charge is 2.26. The number of phenolic OH excluding ortho intramolecular Hbond substituents is 2. The Balaban J connectivity index is 1.96. The predicted octanol–water partition coefficient (Wildman–Crippen LogP) is 1.63. The van der Waals surface area contributed by atoms with Crippen molar-refractivity contribution in [1.82, 2.24) is 4.98 Å². The Labute approximate surface area is 114 Å². The number of phenols is 2. The topological polar surface area (TPSA) is 86.0 Å². The summed E-state index contributed by atoms with van der Waals surface area (Å²) in [5.41, 5.74) is 1.81. The predicted molar refractivity (Wildman–Crippen MR) is 72.6 cm³/mol. The molecule has 1 aromatic heterocycles. The smallest absolute Gasteiger partial charge is 0.253 e. The van der Waals surface area contributed by atoms with Gasteiger partial charge in [-0.05, 0) is 24.3 Å². The standard InChI is InChI=1S/C14H11N3O3/c18-12-4-3-10(6-13(12)19)17-14(20)7-11(16-17)9-2-1-5-15-8-9/h1-6,8,18-19H,7H2. The number of carbonyl (C=O) groups is 1. The molecular weight excluding hydrogens is 258 g/mol. The number of aromatic hydroxyl groups is 2. The fraction of sp³-hybridized carbons (Fsp3) is 0.0714. The molecule has 6 nitrogen and oxygen atoms in total. The first-order valence-corrected chi connectivity index (χ1v) is 5.98. The third-order valence-electron chi connectivity index (χ3n) is 2.97. The van der Waals surface area contributed by atoms with Gasteiger partial charge in [0.25, 0.3) is 5.91 Å². The molecule has 0 bridgehead atoms. The van der Waals surface area contributed by atoms with Crippen molar-refractivity contribution >= 4 is 17.3 Å². The van der Waals surface area contributed by atoms with Gasteiger partial charge in [-0.15, -0.1) is 0 Å². The average molecular weight is 269 g/mol. The molecule has 1 aromatic carbocycles. The van der Waals surface area contributed by atoms with E-state index < -0.39 is 0 Å². The van der Waals surface area contributed by atoms with Gasteiger partial charge in [0.2, 0.25) is 0 Å². The summed E-state index contributed by atoms with van der Waals surface area (Å²) < 4.78 is 0. The van der Waals surface area contributed by atoms with E-state index in [0.29, 0.717) is 11.4 Å². The molecule has 0 radical (unpaired) electrons. The third kappa shape index (κ3) is 2.07. The number of hydrogen-bond donors (Lipinski definition) is 2. The van der Waals surface area contributed by atoms with Gasteiger partial charge < -0.3 is 10.2 Å². The van der Waals surface area contributed by atoms with E-state index in [9.17, 15) is 15.0 Å². The molecule has 6 heteroatoms. The van der Waals surface area contributed by atoms with E-state index in [1.165, 1.54) is 23.2 Å². The van der Waals surface area contributed by atoms with Crippen molar-refractivity contribution in [3.63, 3.8) is 0 Å². The summed E-state index contributed by atoms with van der Waals surface area (Å²) in [7, 11) is 0. The summed E-state index contributed by atoms with van der Waals surface area (Å²) in [5, 5.41) is 24.2. The van der Waals surface area contributed by atoms with E-state index in [4.69, 9.17) is 0 Å². The number of pyridine rings is 1. The van der Waals surface area contributed by atoms with Crippen LogP contribution < -0.4 is 5.01 Å². The minimum atomic E-state index is -0.291. The highest BCUT2D eigenvalue weighted by atomic mass is 16.3. The van der Waals surface area contributed by atoms with Crippen LogP contribution in [0.2, 0.25) is 0 Å². The first-order valence-electron chi connectivity index (χ1n) is 5.98. The highest BCUT2D eigenvalue weighted by Crippen LogP contribution is 2.31. The number of benzene rings is 1. The first kappa shape index (κ1) is 12.2. The fourth-order valence-corrected chi connectivity index (χ4v) is 1.97. The van der Waals surface area contributed by atoms with Crippen LogP contribution in [0.15, 0.2) is 47.8 Å². The monoisotopic (exact) mass is 269 g/mol. The molecule has 0 saturated carbocycles. The summed E-state index contributed by atoms with van der Waals surface area (Å²) in [4.78, 5) is 16.0. The van der Waals surface area contributed by atoms with Crippen molar-refractivity contribution in [3.8, 4) is 11.5 Å². The molecule has 20 heavy (non-hydrogen) atoms. The van der Waals surface area contributed by atoms with Crippen LogP contribution in [0.25, 0.3) is 0 Å². The Kier molecular flexibility index (Phi) is 2.83. The van der Waals surface area contributed by atoms with E-state index in [-0.39, 0.29) is 23.8 Å². The van der Waals surface area contributed by atoms with E-state index >= 15 is 0 Å². The van der Waals surface area contributed by atoms with Crippen LogP contribution in [-0.4, -0.2) is 26.8 Å². The van der Waals surface area contributed by atoms with Gasteiger partial charge in [-0.2, -0.15) is 10.1 Å². The molecule has 1 aliphatic rings. The maximum absolute atomic E-state index is 12.0. The normalized spacial score (nSPS) is 14.5. The number of carbonyl (C=O) groups excluding carboxylic acids is 1. The largest absolute Gasteiger partial charge is 0.504 e. The van der Waals surface area contributed by atoms with Crippen molar-refractivity contribution in [2.24, 2.45) is 5.10 Å². The SMILES string of the molecule is O=C1CC(c2cccnc2)=NN1c1ccc(O)c(O)c1. The molecule has 2 N–H and O–H groups in total. The molecule has 1 amide bonds. The molecular formula is C14H11N3O3. The molecule has 0 unspecified atom stereocenters. The van der Waals surface area contributed by atoms with Gasteiger partial charge in [-0.3, -0.25) is 9.78 Å². The highest BCUT2D eigenvalue weighted by molar-refractivity contribution is 6.19. The molecule has 2 heterocycles. The first-order chi connectivity index (χ1) is 9.65. The van der Waals surface area contributed by atoms with Crippen molar-refractivity contribution in [3.05, 3.63) is 48.3 Å². The molecule has 0 aliphatic carbocycles. The lowest BCUT2D eigenvalue weighted by atomic mass is 10.1. The molecule has 100 valence electrons. The fourth-order valence-electron chi connectivity index (χ4n) is 1.97. The molecule has 3 rings (SSSR count). The Morgan fingerprint density at radius 2 is 2.00 bits per heavy atom. The second-order valence-electron chi connectivity index (χ2n) is 4.34. The van der Waals surface area contributed by atoms with Crippen LogP contribution in [-0.2, 0) is 4.79 Å². The van der Waals surface area contributed by atoms with Crippen LogP contribution in [0.5, 0.6) is 11.5 Å². The lowest BCUT2D eigenvalue weighted by Crippen LogP contribution is -2.19. The van der Waals surface area contributed by atoms with E-state index in [1.54, 1.807) is 18.5 Å². The lowest BCUT2D eigenvalue weighted by Gasteiger charge is -2.12. The van der Waals surface area contributed by atoms with Gasteiger partial charge in [-0.25, -0.2) is 0 Å². The van der Waals surface area contributed by atoms with Crippen LogP contribution >= 0.6 is 0 Å². The van der Waals surface area contributed by atoms with Crippen molar-refractivity contribution in [2.75, 3.05) is 5.01 Å².